The van der Waals surface area contributed by atoms with Crippen LogP contribution in [0.15, 0.2) is 85.1 Å². The van der Waals surface area contributed by atoms with E-state index in [-0.39, 0.29) is 42.7 Å². The van der Waals surface area contributed by atoms with Gasteiger partial charge in [-0.3, -0.25) is 9.59 Å². The van der Waals surface area contributed by atoms with Gasteiger partial charge >= 0.3 is 17.9 Å². The molecule has 0 heterocycles. The standard InChI is InChI=1S/C58H99NO7/c1-6-8-10-12-14-16-18-20-22-24-26-28-30-32-34-36-38-40-42-44-46-48-56(60)65-53-54(52-64-51-50-55(58(62)63)59(3,4)5)66-57(61)49-47-45-43-41-39-37-35-33-31-29-27-25-23-21-19-17-15-13-11-9-7-2/h8,10,14-17,21,23,27,29,33,35,39,41,54-55H,6-7,9,11-13,18-20,22,24-26,28,30-32,34,36-38,40,42-53H2,1-5H3/p+1/b10-8+,16-14+,17-15+,23-21+,29-27+,35-33+,41-39+. The van der Waals surface area contributed by atoms with E-state index in [1.54, 1.807) is 0 Å². The number of carbonyl (C=O) groups excluding carboxylic acids is 2. The summed E-state index contributed by atoms with van der Waals surface area (Å²) < 4.78 is 17.3. The summed E-state index contributed by atoms with van der Waals surface area (Å²) in [6, 6.07) is -0.627. The highest BCUT2D eigenvalue weighted by Crippen LogP contribution is 2.15. The number of quaternary nitrogens is 1. The number of nitrogens with zero attached hydrogens (tertiary/aromatic N) is 1. The van der Waals surface area contributed by atoms with E-state index >= 15 is 0 Å². The lowest BCUT2D eigenvalue weighted by Crippen LogP contribution is -2.50. The number of allylic oxidation sites excluding steroid dienone is 14. The summed E-state index contributed by atoms with van der Waals surface area (Å²) in [5, 5.41) is 9.66. The van der Waals surface area contributed by atoms with E-state index in [1.807, 2.05) is 21.1 Å². The van der Waals surface area contributed by atoms with Crippen molar-refractivity contribution in [2.45, 2.75) is 225 Å². The van der Waals surface area contributed by atoms with Gasteiger partial charge in [0.05, 0.1) is 34.4 Å². The highest BCUT2D eigenvalue weighted by Gasteiger charge is 2.31. The summed E-state index contributed by atoms with van der Waals surface area (Å²) in [5.74, 6) is -1.52. The van der Waals surface area contributed by atoms with Gasteiger partial charge in [-0.25, -0.2) is 4.79 Å². The van der Waals surface area contributed by atoms with E-state index in [9.17, 15) is 19.5 Å². The molecule has 0 saturated carbocycles. The first-order chi connectivity index (χ1) is 32.1. The second-order valence-corrected chi connectivity index (χ2v) is 18.7. The molecule has 2 atom stereocenters. The van der Waals surface area contributed by atoms with E-state index in [1.165, 1.54) is 103 Å². The van der Waals surface area contributed by atoms with Gasteiger partial charge in [-0.1, -0.05) is 189 Å². The summed E-state index contributed by atoms with van der Waals surface area (Å²) in [7, 11) is 5.52. The van der Waals surface area contributed by atoms with Crippen molar-refractivity contribution < 1.29 is 38.2 Å². The first kappa shape index (κ1) is 62.5. The number of hydrogen-bond donors (Lipinski definition) is 1. The number of ether oxygens (including phenoxy) is 3. The lowest BCUT2D eigenvalue weighted by Gasteiger charge is -2.31. The Morgan fingerprint density at radius 2 is 0.848 bits per heavy atom. The molecule has 0 aromatic rings. The summed E-state index contributed by atoms with van der Waals surface area (Å²) in [5.41, 5.74) is 0. The number of rotatable bonds is 47. The van der Waals surface area contributed by atoms with Crippen molar-refractivity contribution >= 4 is 17.9 Å². The normalized spacial score (nSPS) is 13.5. The molecule has 0 rings (SSSR count). The minimum Gasteiger partial charge on any atom is -0.477 e. The molecule has 2 unspecified atom stereocenters. The number of carboxylic acid groups (broad SMARTS) is 1. The molecule has 66 heavy (non-hydrogen) atoms. The molecule has 0 aromatic heterocycles. The molecule has 0 amide bonds. The average molecular weight is 923 g/mol. The number of carboxylic acids is 1. The van der Waals surface area contributed by atoms with Gasteiger partial charge in [-0.2, -0.15) is 0 Å². The van der Waals surface area contributed by atoms with E-state index in [2.05, 4.69) is 98.9 Å². The van der Waals surface area contributed by atoms with Crippen molar-refractivity contribution in [1.82, 2.24) is 0 Å². The van der Waals surface area contributed by atoms with Crippen LogP contribution in [0.4, 0.5) is 0 Å². The highest BCUT2D eigenvalue weighted by molar-refractivity contribution is 5.72. The van der Waals surface area contributed by atoms with E-state index < -0.39 is 18.1 Å². The molecule has 0 aliphatic heterocycles. The van der Waals surface area contributed by atoms with Crippen LogP contribution in [-0.2, 0) is 28.6 Å². The van der Waals surface area contributed by atoms with Crippen molar-refractivity contribution in [3.05, 3.63) is 85.1 Å². The number of likely N-dealkylation sites (N-methyl/N-ethyl adjacent to an activating group) is 1. The van der Waals surface area contributed by atoms with E-state index in [4.69, 9.17) is 14.2 Å². The molecule has 378 valence electrons. The predicted molar refractivity (Wildman–Crippen MR) is 280 cm³/mol. The van der Waals surface area contributed by atoms with Crippen LogP contribution in [0.3, 0.4) is 0 Å². The molecule has 1 N–H and O–H groups in total. The summed E-state index contributed by atoms with van der Waals surface area (Å²) in [6.45, 7) is 4.57. The van der Waals surface area contributed by atoms with Gasteiger partial charge in [0.15, 0.2) is 12.1 Å². The molecule has 0 aromatic carbocycles. The van der Waals surface area contributed by atoms with Gasteiger partial charge in [0.25, 0.3) is 0 Å². The van der Waals surface area contributed by atoms with Crippen molar-refractivity contribution in [3.63, 3.8) is 0 Å². The fourth-order valence-electron chi connectivity index (χ4n) is 7.44. The predicted octanol–water partition coefficient (Wildman–Crippen LogP) is 15.6. The summed E-state index contributed by atoms with van der Waals surface area (Å²) in [6.07, 6.45) is 63.5. The zero-order chi connectivity index (χ0) is 48.4. The Bertz CT molecular complexity index is 1350. The van der Waals surface area contributed by atoms with Gasteiger partial charge < -0.3 is 23.8 Å². The highest BCUT2D eigenvalue weighted by atomic mass is 16.6. The molecule has 8 nitrogen and oxygen atoms in total. The Labute approximate surface area is 405 Å². The average Bonchev–Trinajstić information content (AvgIpc) is 3.28. The van der Waals surface area contributed by atoms with Crippen LogP contribution in [0.25, 0.3) is 0 Å². The maximum Gasteiger partial charge on any atom is 0.362 e. The van der Waals surface area contributed by atoms with Gasteiger partial charge in [0, 0.05) is 19.3 Å². The molecule has 8 heteroatoms. The SMILES string of the molecule is CC/C=C/C/C=C/CCCCCCCCCCCCCCCCC(=O)OCC(COCCC(C(=O)O)[N+](C)(C)C)OC(=O)CCCC/C=C/C/C=C/C/C=C/C/C=C/C/C=C/CCCCC. The van der Waals surface area contributed by atoms with Gasteiger partial charge in [-0.05, 0) is 89.9 Å². The lowest BCUT2D eigenvalue weighted by atomic mass is 10.0. The maximum absolute atomic E-state index is 12.8. The van der Waals surface area contributed by atoms with Crippen molar-refractivity contribution in [2.24, 2.45) is 0 Å². The number of hydrogen-bond acceptors (Lipinski definition) is 6. The van der Waals surface area contributed by atoms with E-state index in [0.29, 0.717) is 19.3 Å². The summed E-state index contributed by atoms with van der Waals surface area (Å²) >= 11 is 0. The topological polar surface area (TPSA) is 99.1 Å². The van der Waals surface area contributed by atoms with Crippen molar-refractivity contribution in [1.29, 1.82) is 0 Å². The molecular formula is C58H100NO7+. The third kappa shape index (κ3) is 45.7. The fraction of sp³-hybridized carbons (Fsp3) is 0.707. The van der Waals surface area contributed by atoms with Gasteiger partial charge in [0.1, 0.15) is 6.61 Å². The smallest absolute Gasteiger partial charge is 0.362 e. The second kappa shape index (κ2) is 48.0. The van der Waals surface area contributed by atoms with Crippen LogP contribution >= 0.6 is 0 Å². The first-order valence-corrected chi connectivity index (χ1v) is 26.6. The first-order valence-electron chi connectivity index (χ1n) is 26.6. The Balaban J connectivity index is 4.30. The zero-order valence-electron chi connectivity index (χ0n) is 43.1. The Kier molecular flexibility index (Phi) is 45.4. The molecule has 0 bridgehead atoms. The third-order valence-electron chi connectivity index (χ3n) is 11.5. The molecule has 0 aliphatic rings. The van der Waals surface area contributed by atoms with Crippen molar-refractivity contribution in [2.75, 3.05) is 41.0 Å². The summed E-state index contributed by atoms with van der Waals surface area (Å²) in [4.78, 5) is 37.2. The molecular weight excluding hydrogens is 823 g/mol. The van der Waals surface area contributed by atoms with Crippen LogP contribution in [-0.4, -0.2) is 80.6 Å². The van der Waals surface area contributed by atoms with Crippen LogP contribution in [0, 0.1) is 0 Å². The van der Waals surface area contributed by atoms with Gasteiger partial charge in [-0.15, -0.1) is 0 Å². The Hall–Kier alpha value is -3.49. The monoisotopic (exact) mass is 923 g/mol. The van der Waals surface area contributed by atoms with Crippen LogP contribution in [0.5, 0.6) is 0 Å². The molecule has 0 saturated heterocycles. The molecule has 0 radical (unpaired) electrons. The zero-order valence-corrected chi connectivity index (χ0v) is 43.1. The van der Waals surface area contributed by atoms with Crippen LogP contribution in [0.2, 0.25) is 0 Å². The minimum absolute atomic E-state index is 0.0402. The lowest BCUT2D eigenvalue weighted by molar-refractivity contribution is -0.887. The minimum atomic E-state index is -0.883. The van der Waals surface area contributed by atoms with Gasteiger partial charge in [0.2, 0.25) is 0 Å². The molecule has 0 spiro atoms. The number of esters is 2. The van der Waals surface area contributed by atoms with Crippen LogP contribution in [0.1, 0.15) is 213 Å². The number of carbonyl (C=O) groups is 3. The largest absolute Gasteiger partial charge is 0.477 e. The molecule has 0 aliphatic carbocycles. The van der Waals surface area contributed by atoms with E-state index in [0.717, 1.165) is 70.6 Å². The van der Waals surface area contributed by atoms with Crippen molar-refractivity contribution in [3.8, 4) is 0 Å². The second-order valence-electron chi connectivity index (χ2n) is 18.7. The van der Waals surface area contributed by atoms with Crippen LogP contribution < -0.4 is 0 Å². The number of aliphatic carboxylic acids is 1. The third-order valence-corrected chi connectivity index (χ3v) is 11.5. The maximum atomic E-state index is 12.8. The number of unbranched alkanes of at least 4 members (excludes halogenated alkanes) is 19. The molecule has 0 fully saturated rings. The fourth-order valence-corrected chi connectivity index (χ4v) is 7.44. The Morgan fingerprint density at radius 3 is 1.29 bits per heavy atom. The Morgan fingerprint density at radius 1 is 0.470 bits per heavy atom. The quantitative estimate of drug-likeness (QED) is 0.0281.